The molecule has 1 aromatic carbocycles. The van der Waals surface area contributed by atoms with Crippen molar-refractivity contribution < 1.29 is 9.47 Å². The van der Waals surface area contributed by atoms with Crippen molar-refractivity contribution in [1.82, 2.24) is 20.0 Å². The molecule has 1 aliphatic rings. The number of hydrogen-bond acceptors (Lipinski definition) is 6. The Hall–Kier alpha value is -2.22. The van der Waals surface area contributed by atoms with E-state index >= 15 is 0 Å². The van der Waals surface area contributed by atoms with Crippen LogP contribution in [0.4, 0.5) is 11.5 Å². The first-order chi connectivity index (χ1) is 14.0. The number of benzene rings is 1. The van der Waals surface area contributed by atoms with Crippen LogP contribution in [-0.4, -0.2) is 54.0 Å². The molecule has 0 radical (unpaired) electrons. The van der Waals surface area contributed by atoms with Gasteiger partial charge in [0, 0.05) is 33.1 Å². The Morgan fingerprint density at radius 3 is 2.76 bits per heavy atom. The van der Waals surface area contributed by atoms with Gasteiger partial charge in [-0.1, -0.05) is 22.9 Å². The Morgan fingerprint density at radius 2 is 2.00 bits per heavy atom. The number of aryl methyl sites for hydroxylation is 2. The van der Waals surface area contributed by atoms with Crippen LogP contribution in [0.15, 0.2) is 18.2 Å². The fourth-order valence-corrected chi connectivity index (χ4v) is 4.48. The number of nitrogens with zero attached hydrogens (tertiary/aromatic N) is 5. The van der Waals surface area contributed by atoms with Gasteiger partial charge >= 0.3 is 0 Å². The van der Waals surface area contributed by atoms with Crippen molar-refractivity contribution in [2.75, 3.05) is 38.9 Å². The van der Waals surface area contributed by atoms with Crippen LogP contribution in [0, 0.1) is 13.8 Å². The van der Waals surface area contributed by atoms with E-state index in [9.17, 15) is 0 Å². The van der Waals surface area contributed by atoms with Crippen LogP contribution in [0.25, 0.3) is 11.0 Å². The van der Waals surface area contributed by atoms with E-state index in [-0.39, 0.29) is 6.04 Å². The molecule has 0 aliphatic carbocycles. The molecule has 29 heavy (non-hydrogen) atoms. The summed E-state index contributed by atoms with van der Waals surface area (Å²) in [6.07, 6.45) is 1.72. The lowest BCUT2D eigenvalue weighted by atomic mass is 10.1. The lowest BCUT2D eigenvalue weighted by molar-refractivity contribution is 0.117. The summed E-state index contributed by atoms with van der Waals surface area (Å²) in [5.41, 5.74) is 6.08. The highest BCUT2D eigenvalue weighted by Crippen LogP contribution is 2.42. The number of ether oxygens (including phenoxy) is 2. The molecule has 8 heteroatoms. The zero-order valence-corrected chi connectivity index (χ0v) is 18.0. The summed E-state index contributed by atoms with van der Waals surface area (Å²) in [6.45, 7) is 6.05. The Morgan fingerprint density at radius 1 is 1.17 bits per heavy atom. The Kier molecular flexibility index (Phi) is 5.72. The molecule has 0 bridgehead atoms. The van der Waals surface area contributed by atoms with Crippen molar-refractivity contribution >= 4 is 34.1 Å². The molecule has 1 atom stereocenters. The van der Waals surface area contributed by atoms with Crippen LogP contribution in [0.1, 0.15) is 29.3 Å². The Balaban J connectivity index is 1.81. The normalized spacial score (nSPS) is 14.6. The number of methoxy groups -OCH3 is 2. The van der Waals surface area contributed by atoms with Crippen molar-refractivity contribution in [3.8, 4) is 0 Å². The second-order valence-corrected chi connectivity index (χ2v) is 7.94. The molecule has 2 aromatic heterocycles. The molecule has 3 heterocycles. The van der Waals surface area contributed by atoms with Gasteiger partial charge in [-0.15, -0.1) is 5.10 Å². The zero-order valence-electron chi connectivity index (χ0n) is 17.3. The predicted molar refractivity (Wildman–Crippen MR) is 114 cm³/mol. The fourth-order valence-electron chi connectivity index (χ4n) is 4.08. The molecule has 0 fully saturated rings. The first kappa shape index (κ1) is 20.1. The largest absolute Gasteiger partial charge is 0.385 e. The molecule has 154 valence electrons. The summed E-state index contributed by atoms with van der Waals surface area (Å²) in [7, 11) is 3.40. The van der Waals surface area contributed by atoms with Gasteiger partial charge in [-0.2, -0.15) is 0 Å². The zero-order chi connectivity index (χ0) is 20.5. The SMILES string of the molecule is COCCC(COC)n1nnc2c(N3CCc4cc(C)cc(Cl)c43)nc(C)cc21. The number of rotatable bonds is 7. The highest BCUT2D eigenvalue weighted by atomic mass is 35.5. The van der Waals surface area contributed by atoms with Gasteiger partial charge in [-0.05, 0) is 49.9 Å². The van der Waals surface area contributed by atoms with Crippen molar-refractivity contribution in [1.29, 1.82) is 0 Å². The topological polar surface area (TPSA) is 65.3 Å². The summed E-state index contributed by atoms with van der Waals surface area (Å²) in [6, 6.07) is 6.27. The van der Waals surface area contributed by atoms with E-state index in [2.05, 4.69) is 28.2 Å². The van der Waals surface area contributed by atoms with Crippen molar-refractivity contribution in [3.05, 3.63) is 40.0 Å². The molecule has 1 unspecified atom stereocenters. The average molecular weight is 416 g/mol. The Bertz CT molecular complexity index is 1040. The van der Waals surface area contributed by atoms with E-state index in [0.29, 0.717) is 13.2 Å². The number of fused-ring (bicyclic) bond motifs is 2. The molecule has 4 rings (SSSR count). The number of halogens is 1. The number of hydrogen-bond donors (Lipinski definition) is 0. The van der Waals surface area contributed by atoms with Crippen LogP contribution < -0.4 is 4.90 Å². The lowest BCUT2D eigenvalue weighted by Crippen LogP contribution is -2.19. The fraction of sp³-hybridized carbons (Fsp3) is 0.476. The number of anilines is 2. The third-order valence-corrected chi connectivity index (χ3v) is 5.64. The maximum Gasteiger partial charge on any atom is 0.163 e. The summed E-state index contributed by atoms with van der Waals surface area (Å²) in [4.78, 5) is 6.99. The monoisotopic (exact) mass is 415 g/mol. The first-order valence-electron chi connectivity index (χ1n) is 9.80. The second-order valence-electron chi connectivity index (χ2n) is 7.54. The smallest absolute Gasteiger partial charge is 0.163 e. The van der Waals surface area contributed by atoms with E-state index in [1.165, 1.54) is 11.1 Å². The van der Waals surface area contributed by atoms with Crippen LogP contribution in [0.3, 0.4) is 0 Å². The van der Waals surface area contributed by atoms with Gasteiger partial charge in [0.25, 0.3) is 0 Å². The molecule has 0 N–H and O–H groups in total. The molecule has 0 saturated carbocycles. The Labute approximate surface area is 175 Å². The molecule has 7 nitrogen and oxygen atoms in total. The van der Waals surface area contributed by atoms with Gasteiger partial charge < -0.3 is 14.4 Å². The van der Waals surface area contributed by atoms with Crippen LogP contribution in [0.5, 0.6) is 0 Å². The van der Waals surface area contributed by atoms with E-state index in [1.54, 1.807) is 14.2 Å². The van der Waals surface area contributed by atoms with Crippen LogP contribution >= 0.6 is 11.6 Å². The van der Waals surface area contributed by atoms with Gasteiger partial charge in [0.2, 0.25) is 0 Å². The third kappa shape index (κ3) is 3.70. The van der Waals surface area contributed by atoms with Gasteiger partial charge in [-0.25, -0.2) is 9.67 Å². The molecule has 0 saturated heterocycles. The minimum atomic E-state index is 0.0386. The van der Waals surface area contributed by atoms with Gasteiger partial charge in [0.15, 0.2) is 11.3 Å². The molecule has 0 spiro atoms. The summed E-state index contributed by atoms with van der Waals surface area (Å²) >= 11 is 6.62. The van der Waals surface area contributed by atoms with Crippen molar-refractivity contribution in [2.45, 2.75) is 32.7 Å². The summed E-state index contributed by atoms with van der Waals surface area (Å²) in [5, 5.41) is 9.72. The van der Waals surface area contributed by atoms with Gasteiger partial charge in [0.05, 0.1) is 28.9 Å². The van der Waals surface area contributed by atoms with E-state index < -0.39 is 0 Å². The summed E-state index contributed by atoms with van der Waals surface area (Å²) < 4.78 is 12.6. The minimum absolute atomic E-state index is 0.0386. The van der Waals surface area contributed by atoms with E-state index in [4.69, 9.17) is 26.1 Å². The molecular formula is C21H26ClN5O2. The molecular weight excluding hydrogens is 390 g/mol. The third-order valence-electron chi connectivity index (χ3n) is 5.35. The quantitative estimate of drug-likeness (QED) is 0.580. The predicted octanol–water partition coefficient (Wildman–Crippen LogP) is 4.01. The number of pyridine rings is 1. The van der Waals surface area contributed by atoms with Crippen LogP contribution in [-0.2, 0) is 15.9 Å². The molecule has 1 aliphatic heterocycles. The summed E-state index contributed by atoms with van der Waals surface area (Å²) in [5.74, 6) is 0.804. The van der Waals surface area contributed by atoms with E-state index in [1.807, 2.05) is 23.7 Å². The highest BCUT2D eigenvalue weighted by Gasteiger charge is 2.28. The first-order valence-corrected chi connectivity index (χ1v) is 10.2. The minimum Gasteiger partial charge on any atom is -0.385 e. The highest BCUT2D eigenvalue weighted by molar-refractivity contribution is 6.33. The maximum atomic E-state index is 6.62. The lowest BCUT2D eigenvalue weighted by Gasteiger charge is -2.21. The van der Waals surface area contributed by atoms with Crippen molar-refractivity contribution in [2.24, 2.45) is 0 Å². The van der Waals surface area contributed by atoms with Gasteiger partial charge in [-0.3, -0.25) is 0 Å². The van der Waals surface area contributed by atoms with Crippen LogP contribution in [0.2, 0.25) is 5.02 Å². The molecule has 0 amide bonds. The van der Waals surface area contributed by atoms with E-state index in [0.717, 1.165) is 52.6 Å². The standard InChI is InChI=1S/C21H26ClN5O2/c1-13-9-15-5-7-26(20(15)17(22)10-13)21-19-18(11-14(2)23-21)27(25-24-19)16(12-29-4)6-8-28-3/h9-11,16H,5-8,12H2,1-4H3. The van der Waals surface area contributed by atoms with Gasteiger partial charge in [0.1, 0.15) is 0 Å². The molecule has 3 aromatic rings. The maximum absolute atomic E-state index is 6.62. The van der Waals surface area contributed by atoms with Crippen molar-refractivity contribution in [3.63, 3.8) is 0 Å². The number of aromatic nitrogens is 4. The average Bonchev–Trinajstić information content (AvgIpc) is 3.29. The second kappa shape index (κ2) is 8.26.